The number of methoxy groups -OCH3 is 1. The average Bonchev–Trinajstić information content (AvgIpc) is 3.82. The van der Waals surface area contributed by atoms with Crippen molar-refractivity contribution < 1.29 is 43.4 Å². The monoisotopic (exact) mass is 686 g/mol. The standard InChI is InChI=1S/C40H62O9/c1-23(2)38-25(4)14-15-40(49-38)20-29(41)18-30(48-40)13-12-24(3)33(47-35-19-31(43-7)17-27(6)46-35)11-9-8-10-28-21-45-39-36(28)32(34-22-44-34)16-26(5)37(39)42/h8-10,12,16,23,25,27,29-39,41-42H,11,13-15,17-22H2,1-7H3/b9-8+,24-12+,28-10+/t25-,27-,29-,30+,31+,32-,33?,34-,35?,36?,37+,38?,39?,40+/m0/s1. The van der Waals surface area contributed by atoms with E-state index in [1.165, 1.54) is 5.57 Å². The lowest BCUT2D eigenvalue weighted by Gasteiger charge is -2.50. The van der Waals surface area contributed by atoms with Crippen LogP contribution in [-0.4, -0.2) is 97.5 Å². The molecule has 5 unspecified atom stereocenters. The van der Waals surface area contributed by atoms with Crippen molar-refractivity contribution in [1.82, 2.24) is 0 Å². The summed E-state index contributed by atoms with van der Waals surface area (Å²) in [6.07, 6.45) is 15.2. The van der Waals surface area contributed by atoms with E-state index in [4.69, 9.17) is 33.2 Å². The van der Waals surface area contributed by atoms with Crippen LogP contribution in [0.15, 0.2) is 47.1 Å². The van der Waals surface area contributed by atoms with Crippen LogP contribution >= 0.6 is 0 Å². The highest BCUT2D eigenvalue weighted by atomic mass is 16.7. The van der Waals surface area contributed by atoms with Gasteiger partial charge in [-0.15, -0.1) is 0 Å². The van der Waals surface area contributed by atoms with Gasteiger partial charge in [0.15, 0.2) is 12.1 Å². The lowest BCUT2D eigenvalue weighted by atomic mass is 9.73. The van der Waals surface area contributed by atoms with E-state index in [-0.39, 0.29) is 60.9 Å². The Kier molecular flexibility index (Phi) is 12.3. The Morgan fingerprint density at radius 2 is 1.92 bits per heavy atom. The normalized spacial score (nSPS) is 44.5. The largest absolute Gasteiger partial charge is 0.393 e. The zero-order valence-corrected chi connectivity index (χ0v) is 30.8. The SMILES string of the molecule is CO[C@H]1CC(OC(C/C=C/C=C2\COC3C2[C@H]([C@@H]2CO2)C=C(C)[C@H]3O)/C(C)=C/C[C@@H]2C[C@H](O)C[C@]3(CC[C@H](C)C(C(C)C)O3)O2)O[C@@H](C)C1. The van der Waals surface area contributed by atoms with Gasteiger partial charge in [-0.3, -0.25) is 0 Å². The van der Waals surface area contributed by atoms with E-state index < -0.39 is 18.0 Å². The first-order chi connectivity index (χ1) is 23.4. The fourth-order valence-electron chi connectivity index (χ4n) is 8.96. The molecule has 5 aliphatic heterocycles. The number of epoxide rings is 1. The molecule has 276 valence electrons. The van der Waals surface area contributed by atoms with E-state index in [0.29, 0.717) is 50.5 Å². The summed E-state index contributed by atoms with van der Waals surface area (Å²) in [5.41, 5.74) is 3.28. The van der Waals surface area contributed by atoms with Crippen LogP contribution in [0.5, 0.6) is 0 Å². The molecule has 9 nitrogen and oxygen atoms in total. The number of rotatable bonds is 11. The molecule has 2 N–H and O–H groups in total. The van der Waals surface area contributed by atoms with Crippen molar-refractivity contribution in [2.45, 2.75) is 160 Å². The minimum atomic E-state index is -0.713. The van der Waals surface area contributed by atoms with Crippen molar-refractivity contribution in [3.63, 3.8) is 0 Å². The second-order valence-corrected chi connectivity index (χ2v) is 16.1. The Bertz CT molecular complexity index is 1240. The molecule has 0 aromatic rings. The predicted molar refractivity (Wildman–Crippen MR) is 187 cm³/mol. The highest BCUT2D eigenvalue weighted by molar-refractivity contribution is 5.31. The number of fused-ring (bicyclic) bond motifs is 1. The van der Waals surface area contributed by atoms with E-state index in [2.05, 4.69) is 65.0 Å². The second-order valence-electron chi connectivity index (χ2n) is 16.1. The molecule has 49 heavy (non-hydrogen) atoms. The number of ether oxygens (including phenoxy) is 7. The fourth-order valence-corrected chi connectivity index (χ4v) is 8.96. The van der Waals surface area contributed by atoms with Crippen LogP contribution < -0.4 is 0 Å². The van der Waals surface area contributed by atoms with Gasteiger partial charge in [0.25, 0.3) is 0 Å². The minimum Gasteiger partial charge on any atom is -0.393 e. The van der Waals surface area contributed by atoms with Gasteiger partial charge in [-0.25, -0.2) is 0 Å². The third-order valence-electron chi connectivity index (χ3n) is 11.8. The van der Waals surface area contributed by atoms with Crippen LogP contribution in [-0.2, 0) is 33.2 Å². The molecule has 6 aliphatic rings. The number of hydrogen-bond donors (Lipinski definition) is 2. The first-order valence-corrected chi connectivity index (χ1v) is 18.9. The Morgan fingerprint density at radius 3 is 2.65 bits per heavy atom. The number of hydrogen-bond acceptors (Lipinski definition) is 9. The smallest absolute Gasteiger partial charge is 0.171 e. The van der Waals surface area contributed by atoms with Crippen molar-refractivity contribution >= 4 is 0 Å². The molecule has 0 radical (unpaired) electrons. The zero-order chi connectivity index (χ0) is 34.9. The summed E-state index contributed by atoms with van der Waals surface area (Å²) in [6, 6.07) is 0. The van der Waals surface area contributed by atoms with Crippen molar-refractivity contribution in [2.24, 2.45) is 23.7 Å². The van der Waals surface area contributed by atoms with Crippen molar-refractivity contribution in [2.75, 3.05) is 20.3 Å². The summed E-state index contributed by atoms with van der Waals surface area (Å²) in [7, 11) is 1.75. The lowest BCUT2D eigenvalue weighted by molar-refractivity contribution is -0.339. The Hall–Kier alpha value is -1.40. The summed E-state index contributed by atoms with van der Waals surface area (Å²) < 4.78 is 43.8. The lowest BCUT2D eigenvalue weighted by Crippen LogP contribution is -2.54. The summed E-state index contributed by atoms with van der Waals surface area (Å²) in [5.74, 6) is 0.508. The highest BCUT2D eigenvalue weighted by Gasteiger charge is 2.50. The van der Waals surface area contributed by atoms with Gasteiger partial charge in [0, 0.05) is 44.6 Å². The van der Waals surface area contributed by atoms with E-state index in [0.717, 1.165) is 37.0 Å². The van der Waals surface area contributed by atoms with Crippen LogP contribution in [0.2, 0.25) is 0 Å². The van der Waals surface area contributed by atoms with Gasteiger partial charge in [-0.2, -0.15) is 0 Å². The quantitative estimate of drug-likeness (QED) is 0.195. The van der Waals surface area contributed by atoms with Crippen molar-refractivity contribution in [3.05, 3.63) is 47.1 Å². The first kappa shape index (κ1) is 37.4. The molecule has 0 saturated carbocycles. The second kappa shape index (κ2) is 16.1. The van der Waals surface area contributed by atoms with E-state index >= 15 is 0 Å². The Morgan fingerprint density at radius 1 is 1.12 bits per heavy atom. The molecule has 5 fully saturated rings. The van der Waals surface area contributed by atoms with Gasteiger partial charge >= 0.3 is 0 Å². The van der Waals surface area contributed by atoms with Gasteiger partial charge < -0.3 is 43.4 Å². The van der Waals surface area contributed by atoms with Gasteiger partial charge in [0.1, 0.15) is 6.10 Å². The Labute approximate surface area is 294 Å². The van der Waals surface area contributed by atoms with E-state index in [9.17, 15) is 10.2 Å². The number of aliphatic hydroxyl groups is 2. The third kappa shape index (κ3) is 8.98. The van der Waals surface area contributed by atoms with Crippen LogP contribution in [0, 0.1) is 23.7 Å². The topological polar surface area (TPSA) is 108 Å². The summed E-state index contributed by atoms with van der Waals surface area (Å²) in [5, 5.41) is 21.8. The molecule has 0 aromatic carbocycles. The molecule has 6 rings (SSSR count). The van der Waals surface area contributed by atoms with E-state index in [1.807, 2.05) is 6.92 Å². The summed E-state index contributed by atoms with van der Waals surface area (Å²) in [6.45, 7) is 14.1. The zero-order valence-electron chi connectivity index (χ0n) is 30.8. The average molecular weight is 687 g/mol. The Balaban J connectivity index is 1.14. The van der Waals surface area contributed by atoms with Gasteiger partial charge in [0.05, 0.1) is 62.0 Å². The maximum Gasteiger partial charge on any atom is 0.171 e. The maximum absolute atomic E-state index is 11.0. The molecule has 0 aromatic heterocycles. The van der Waals surface area contributed by atoms with Crippen LogP contribution in [0.1, 0.15) is 92.9 Å². The molecule has 1 spiro atoms. The molecule has 1 aliphatic carbocycles. The summed E-state index contributed by atoms with van der Waals surface area (Å²) >= 11 is 0. The molecule has 5 heterocycles. The molecule has 9 heteroatoms. The van der Waals surface area contributed by atoms with Crippen LogP contribution in [0.4, 0.5) is 0 Å². The van der Waals surface area contributed by atoms with Crippen molar-refractivity contribution in [1.29, 1.82) is 0 Å². The van der Waals surface area contributed by atoms with Crippen LogP contribution in [0.3, 0.4) is 0 Å². The van der Waals surface area contributed by atoms with Gasteiger partial charge in [-0.1, -0.05) is 51.2 Å². The summed E-state index contributed by atoms with van der Waals surface area (Å²) in [4.78, 5) is 0. The molecular formula is C40H62O9. The van der Waals surface area contributed by atoms with E-state index in [1.54, 1.807) is 7.11 Å². The van der Waals surface area contributed by atoms with Crippen molar-refractivity contribution in [3.8, 4) is 0 Å². The molecule has 14 atom stereocenters. The molecule has 0 bridgehead atoms. The number of allylic oxidation sites excluding steroid dienone is 2. The number of aliphatic hydroxyl groups excluding tert-OH is 2. The van der Waals surface area contributed by atoms with Gasteiger partial charge in [-0.05, 0) is 75.0 Å². The molecule has 0 amide bonds. The predicted octanol–water partition coefficient (Wildman–Crippen LogP) is 6.18. The van der Waals surface area contributed by atoms with Crippen LogP contribution in [0.25, 0.3) is 0 Å². The third-order valence-corrected chi connectivity index (χ3v) is 11.8. The molecular weight excluding hydrogens is 624 g/mol. The molecule has 5 saturated heterocycles. The first-order valence-electron chi connectivity index (χ1n) is 18.9. The fraction of sp³-hybridized carbons (Fsp3) is 0.800. The maximum atomic E-state index is 11.0. The van der Waals surface area contributed by atoms with Gasteiger partial charge in [0.2, 0.25) is 0 Å². The minimum absolute atomic E-state index is 0.0531. The highest BCUT2D eigenvalue weighted by Crippen LogP contribution is 2.46.